The molecule has 1 aliphatic rings. The zero-order chi connectivity index (χ0) is 25.0. The van der Waals surface area contributed by atoms with E-state index in [0.717, 1.165) is 21.7 Å². The molecular weight excluding hydrogens is 552 g/mol. The molecule has 1 aliphatic heterocycles. The molecule has 0 radical (unpaired) electrons. The monoisotopic (exact) mass is 578 g/mol. The van der Waals surface area contributed by atoms with Crippen molar-refractivity contribution < 1.29 is 23.1 Å². The van der Waals surface area contributed by atoms with Crippen molar-refractivity contribution in [2.24, 2.45) is 0 Å². The number of hydrogen-bond acceptors (Lipinski definition) is 7. The van der Waals surface area contributed by atoms with Crippen molar-refractivity contribution in [3.8, 4) is 16.2 Å². The fraction of sp³-hybridized carbons (Fsp3) is 0.320. The van der Waals surface area contributed by atoms with E-state index < -0.39 is 16.0 Å². The second-order valence-corrected chi connectivity index (χ2v) is 12.1. The van der Waals surface area contributed by atoms with E-state index in [1.54, 1.807) is 11.2 Å². The number of piperidine rings is 1. The van der Waals surface area contributed by atoms with E-state index in [1.165, 1.54) is 11.3 Å². The van der Waals surface area contributed by atoms with Gasteiger partial charge in [-0.15, -0.1) is 11.3 Å². The van der Waals surface area contributed by atoms with Gasteiger partial charge >= 0.3 is 5.97 Å². The fourth-order valence-corrected chi connectivity index (χ4v) is 7.40. The van der Waals surface area contributed by atoms with Crippen LogP contribution in [-0.4, -0.2) is 49.5 Å². The molecule has 0 unspecified atom stereocenters. The number of ether oxygens (including phenoxy) is 1. The van der Waals surface area contributed by atoms with Gasteiger partial charge in [-0.25, -0.2) is 17.5 Å². The molecule has 3 aromatic rings. The summed E-state index contributed by atoms with van der Waals surface area (Å²) in [5.74, 6) is -0.652. The standard InChI is InChI=1S/C25H27BrN2O5S2/c1-2-33-25(30)24-22(29)21(26)23(34-24)18-9-6-10-20(15-18)27-19-11-13-28(14-12-19)35(31,32)16-17-7-4-3-5-8-17/h3-10,15,19,27,29H,2,11-14,16H2,1H3. The Morgan fingerprint density at radius 3 is 2.57 bits per heavy atom. The molecule has 1 fully saturated rings. The Morgan fingerprint density at radius 1 is 1.17 bits per heavy atom. The molecule has 1 aromatic heterocycles. The number of carbonyl (C=O) groups excluding carboxylic acids is 1. The average Bonchev–Trinajstić information content (AvgIpc) is 3.14. The minimum absolute atomic E-state index is 0.0182. The topological polar surface area (TPSA) is 95.9 Å². The molecule has 4 rings (SSSR count). The van der Waals surface area contributed by atoms with Gasteiger partial charge in [0.15, 0.2) is 10.6 Å². The van der Waals surface area contributed by atoms with E-state index in [-0.39, 0.29) is 29.0 Å². The van der Waals surface area contributed by atoms with Crippen molar-refractivity contribution in [2.45, 2.75) is 31.6 Å². The zero-order valence-corrected chi connectivity index (χ0v) is 22.5. The van der Waals surface area contributed by atoms with Crippen molar-refractivity contribution in [1.82, 2.24) is 4.31 Å². The molecule has 0 aliphatic carbocycles. The first-order valence-electron chi connectivity index (χ1n) is 11.4. The lowest BCUT2D eigenvalue weighted by molar-refractivity contribution is 0.0529. The molecule has 10 heteroatoms. The van der Waals surface area contributed by atoms with Crippen LogP contribution in [0.2, 0.25) is 0 Å². The maximum Gasteiger partial charge on any atom is 0.352 e. The Bertz CT molecular complexity index is 1290. The van der Waals surface area contributed by atoms with Crippen molar-refractivity contribution in [3.63, 3.8) is 0 Å². The first-order chi connectivity index (χ1) is 16.8. The Morgan fingerprint density at radius 2 is 1.89 bits per heavy atom. The van der Waals surface area contributed by atoms with Gasteiger partial charge in [-0.05, 0) is 59.0 Å². The SMILES string of the molecule is CCOC(=O)c1sc(-c2cccc(NC3CCN(S(=O)(=O)Cc4ccccc4)CC3)c2)c(Br)c1O. The van der Waals surface area contributed by atoms with Gasteiger partial charge in [0, 0.05) is 24.8 Å². The molecule has 0 bridgehead atoms. The predicted molar refractivity (Wildman–Crippen MR) is 142 cm³/mol. The third-order valence-corrected chi connectivity index (χ3v) is 9.91. The predicted octanol–water partition coefficient (Wildman–Crippen LogP) is 5.47. The number of hydrogen-bond donors (Lipinski definition) is 2. The molecule has 186 valence electrons. The van der Waals surface area contributed by atoms with Crippen molar-refractivity contribution in [3.05, 3.63) is 69.5 Å². The van der Waals surface area contributed by atoms with Gasteiger partial charge in [0.05, 0.1) is 21.7 Å². The van der Waals surface area contributed by atoms with Crippen LogP contribution in [0, 0.1) is 0 Å². The number of aromatic hydroxyl groups is 1. The number of esters is 1. The molecule has 2 N–H and O–H groups in total. The Hall–Kier alpha value is -2.40. The summed E-state index contributed by atoms with van der Waals surface area (Å²) in [5, 5.41) is 13.9. The fourth-order valence-electron chi connectivity index (χ4n) is 4.06. The Labute approximate surface area is 217 Å². The van der Waals surface area contributed by atoms with E-state index in [4.69, 9.17) is 4.74 Å². The van der Waals surface area contributed by atoms with Gasteiger partial charge in [-0.1, -0.05) is 42.5 Å². The maximum absolute atomic E-state index is 12.8. The van der Waals surface area contributed by atoms with Crippen LogP contribution in [-0.2, 0) is 20.5 Å². The van der Waals surface area contributed by atoms with E-state index in [9.17, 15) is 18.3 Å². The molecule has 35 heavy (non-hydrogen) atoms. The summed E-state index contributed by atoms with van der Waals surface area (Å²) in [7, 11) is -3.35. The van der Waals surface area contributed by atoms with Crippen molar-refractivity contribution >= 4 is 48.9 Å². The van der Waals surface area contributed by atoms with Crippen LogP contribution in [0.3, 0.4) is 0 Å². The Kier molecular flexibility index (Phi) is 8.16. The summed E-state index contributed by atoms with van der Waals surface area (Å²) in [6, 6.07) is 17.1. The number of halogens is 1. The third-order valence-electron chi connectivity index (χ3n) is 5.82. The number of nitrogens with zero attached hydrogens (tertiary/aromatic N) is 1. The highest BCUT2D eigenvalue weighted by atomic mass is 79.9. The average molecular weight is 580 g/mol. The van der Waals surface area contributed by atoms with Crippen molar-refractivity contribution in [1.29, 1.82) is 0 Å². The molecule has 2 aromatic carbocycles. The highest BCUT2D eigenvalue weighted by Crippen LogP contribution is 2.45. The van der Waals surface area contributed by atoms with Crippen LogP contribution < -0.4 is 5.32 Å². The van der Waals surface area contributed by atoms with Crippen LogP contribution in [0.5, 0.6) is 5.75 Å². The van der Waals surface area contributed by atoms with E-state index in [0.29, 0.717) is 30.4 Å². The largest absolute Gasteiger partial charge is 0.505 e. The van der Waals surface area contributed by atoms with Crippen LogP contribution >= 0.6 is 27.3 Å². The summed E-state index contributed by atoms with van der Waals surface area (Å²) in [6.45, 7) is 2.89. The summed E-state index contributed by atoms with van der Waals surface area (Å²) < 4.78 is 32.7. The van der Waals surface area contributed by atoms with E-state index in [1.807, 2.05) is 54.6 Å². The van der Waals surface area contributed by atoms with Gasteiger partial charge < -0.3 is 15.2 Å². The van der Waals surface area contributed by atoms with Crippen LogP contribution in [0.15, 0.2) is 59.1 Å². The van der Waals surface area contributed by atoms with Crippen LogP contribution in [0.25, 0.3) is 10.4 Å². The maximum atomic E-state index is 12.8. The Balaban J connectivity index is 1.41. The number of carbonyl (C=O) groups is 1. The van der Waals surface area contributed by atoms with Gasteiger partial charge in [-0.2, -0.15) is 0 Å². The normalized spacial score (nSPS) is 15.1. The molecule has 0 atom stereocenters. The van der Waals surface area contributed by atoms with Crippen LogP contribution in [0.1, 0.15) is 35.0 Å². The molecular formula is C25H27BrN2O5S2. The highest BCUT2D eigenvalue weighted by molar-refractivity contribution is 9.10. The smallest absolute Gasteiger partial charge is 0.352 e. The first-order valence-corrected chi connectivity index (χ1v) is 14.6. The van der Waals surface area contributed by atoms with Gasteiger partial charge in [0.1, 0.15) is 0 Å². The summed E-state index contributed by atoms with van der Waals surface area (Å²) in [5.41, 5.74) is 2.53. The zero-order valence-electron chi connectivity index (χ0n) is 19.2. The molecule has 0 saturated carbocycles. The summed E-state index contributed by atoms with van der Waals surface area (Å²) in [6.07, 6.45) is 1.41. The second-order valence-electron chi connectivity index (χ2n) is 8.28. The number of sulfonamides is 1. The lowest BCUT2D eigenvalue weighted by Gasteiger charge is -2.32. The van der Waals surface area contributed by atoms with E-state index in [2.05, 4.69) is 21.2 Å². The minimum atomic E-state index is -3.35. The lowest BCUT2D eigenvalue weighted by atomic mass is 10.1. The first kappa shape index (κ1) is 25.7. The molecule has 2 heterocycles. The molecule has 1 saturated heterocycles. The molecule has 7 nitrogen and oxygen atoms in total. The number of benzene rings is 2. The summed E-state index contributed by atoms with van der Waals surface area (Å²) >= 11 is 4.57. The number of rotatable bonds is 8. The van der Waals surface area contributed by atoms with Gasteiger partial charge in [-0.3, -0.25) is 0 Å². The number of nitrogens with one attached hydrogen (secondary N) is 1. The number of anilines is 1. The quantitative estimate of drug-likeness (QED) is 0.344. The number of thiophene rings is 1. The highest BCUT2D eigenvalue weighted by Gasteiger charge is 2.28. The van der Waals surface area contributed by atoms with Crippen LogP contribution in [0.4, 0.5) is 5.69 Å². The lowest BCUT2D eigenvalue weighted by Crippen LogP contribution is -2.42. The third kappa shape index (κ3) is 6.06. The minimum Gasteiger partial charge on any atom is -0.505 e. The van der Waals surface area contributed by atoms with Gasteiger partial charge in [0.2, 0.25) is 10.0 Å². The van der Waals surface area contributed by atoms with Crippen molar-refractivity contribution in [2.75, 3.05) is 25.0 Å². The van der Waals surface area contributed by atoms with E-state index >= 15 is 0 Å². The molecule has 0 amide bonds. The van der Waals surface area contributed by atoms with Gasteiger partial charge in [0.25, 0.3) is 0 Å². The second kappa shape index (κ2) is 11.1. The summed E-state index contributed by atoms with van der Waals surface area (Å²) in [4.78, 5) is 13.0. The molecule has 0 spiro atoms.